The minimum Gasteiger partial charge on any atom is -0.370 e. The molecular weight excluding hydrogens is 298 g/mol. The highest BCUT2D eigenvalue weighted by atomic mass is 15.3. The SMILES string of the molecule is CCCCCNc1ccnc(N2CCN(c3ccccc3)CC2)n1. The lowest BCUT2D eigenvalue weighted by atomic mass is 10.2. The molecular formula is C19H27N5. The van der Waals surface area contributed by atoms with Crippen LogP contribution in [0.2, 0.25) is 0 Å². The molecule has 24 heavy (non-hydrogen) atoms. The number of benzene rings is 1. The predicted octanol–water partition coefficient (Wildman–Crippen LogP) is 3.41. The lowest BCUT2D eigenvalue weighted by Gasteiger charge is -2.36. The van der Waals surface area contributed by atoms with Crippen LogP contribution in [0.1, 0.15) is 26.2 Å². The smallest absolute Gasteiger partial charge is 0.227 e. The molecule has 0 unspecified atom stereocenters. The predicted molar refractivity (Wildman–Crippen MR) is 101 cm³/mol. The van der Waals surface area contributed by atoms with Gasteiger partial charge in [-0.1, -0.05) is 38.0 Å². The summed E-state index contributed by atoms with van der Waals surface area (Å²) in [5, 5.41) is 3.41. The first kappa shape index (κ1) is 16.6. The van der Waals surface area contributed by atoms with Crippen LogP contribution in [0.3, 0.4) is 0 Å². The van der Waals surface area contributed by atoms with Crippen molar-refractivity contribution in [1.82, 2.24) is 9.97 Å². The van der Waals surface area contributed by atoms with E-state index in [0.717, 1.165) is 44.5 Å². The molecule has 1 fully saturated rings. The molecule has 0 radical (unpaired) electrons. The average molecular weight is 325 g/mol. The van der Waals surface area contributed by atoms with Crippen LogP contribution in [0.4, 0.5) is 17.5 Å². The Balaban J connectivity index is 1.54. The highest BCUT2D eigenvalue weighted by Gasteiger charge is 2.19. The molecule has 1 N–H and O–H groups in total. The second-order valence-corrected chi connectivity index (χ2v) is 6.19. The number of aromatic nitrogens is 2. The van der Waals surface area contributed by atoms with Crippen LogP contribution < -0.4 is 15.1 Å². The van der Waals surface area contributed by atoms with E-state index in [2.05, 4.69) is 62.3 Å². The summed E-state index contributed by atoms with van der Waals surface area (Å²) in [5.74, 6) is 1.77. The lowest BCUT2D eigenvalue weighted by Crippen LogP contribution is -2.47. The number of nitrogens with zero attached hydrogens (tertiary/aromatic N) is 4. The normalized spacial score (nSPS) is 14.7. The summed E-state index contributed by atoms with van der Waals surface area (Å²) < 4.78 is 0. The van der Waals surface area contributed by atoms with Gasteiger partial charge in [0.2, 0.25) is 5.95 Å². The Bertz CT molecular complexity index is 608. The van der Waals surface area contributed by atoms with Crippen molar-refractivity contribution in [3.8, 4) is 0 Å². The van der Waals surface area contributed by atoms with Crippen molar-refractivity contribution in [2.75, 3.05) is 47.8 Å². The Kier molecular flexibility index (Phi) is 5.88. The van der Waals surface area contributed by atoms with Crippen molar-refractivity contribution in [1.29, 1.82) is 0 Å². The molecule has 1 aromatic carbocycles. The number of unbranched alkanes of at least 4 members (excludes halogenated alkanes) is 2. The molecule has 0 saturated carbocycles. The van der Waals surface area contributed by atoms with Gasteiger partial charge in [0.1, 0.15) is 5.82 Å². The van der Waals surface area contributed by atoms with Gasteiger partial charge in [-0.15, -0.1) is 0 Å². The summed E-state index contributed by atoms with van der Waals surface area (Å²) in [7, 11) is 0. The maximum Gasteiger partial charge on any atom is 0.227 e. The molecule has 2 heterocycles. The number of piperazine rings is 1. The molecule has 1 aliphatic rings. The van der Waals surface area contributed by atoms with Crippen LogP contribution in [-0.4, -0.2) is 42.7 Å². The van der Waals surface area contributed by atoms with Gasteiger partial charge in [0.05, 0.1) is 0 Å². The third-order valence-electron chi connectivity index (χ3n) is 4.41. The van der Waals surface area contributed by atoms with Crippen molar-refractivity contribution in [3.63, 3.8) is 0 Å². The van der Waals surface area contributed by atoms with E-state index in [1.807, 2.05) is 12.3 Å². The van der Waals surface area contributed by atoms with Crippen molar-refractivity contribution in [2.45, 2.75) is 26.2 Å². The maximum absolute atomic E-state index is 4.68. The Labute approximate surface area is 144 Å². The highest BCUT2D eigenvalue weighted by Crippen LogP contribution is 2.18. The summed E-state index contributed by atoms with van der Waals surface area (Å²) in [6.07, 6.45) is 5.54. The summed E-state index contributed by atoms with van der Waals surface area (Å²) in [5.41, 5.74) is 1.30. The summed E-state index contributed by atoms with van der Waals surface area (Å²) in [6.45, 7) is 7.11. The van der Waals surface area contributed by atoms with E-state index in [-0.39, 0.29) is 0 Å². The molecule has 128 valence electrons. The van der Waals surface area contributed by atoms with Gasteiger partial charge in [0.15, 0.2) is 0 Å². The molecule has 0 spiro atoms. The lowest BCUT2D eigenvalue weighted by molar-refractivity contribution is 0.640. The van der Waals surface area contributed by atoms with Crippen molar-refractivity contribution in [2.24, 2.45) is 0 Å². The Morgan fingerprint density at radius 3 is 2.46 bits per heavy atom. The number of rotatable bonds is 7. The number of hydrogen-bond donors (Lipinski definition) is 1. The molecule has 1 aromatic heterocycles. The number of nitrogens with one attached hydrogen (secondary N) is 1. The fourth-order valence-electron chi connectivity index (χ4n) is 2.99. The molecule has 5 heteroatoms. The van der Waals surface area contributed by atoms with E-state index in [1.165, 1.54) is 24.9 Å². The second kappa shape index (κ2) is 8.52. The highest BCUT2D eigenvalue weighted by molar-refractivity contribution is 5.49. The zero-order chi connectivity index (χ0) is 16.6. The maximum atomic E-state index is 4.68. The first-order valence-electron chi connectivity index (χ1n) is 8.98. The van der Waals surface area contributed by atoms with Gasteiger partial charge in [-0.25, -0.2) is 4.98 Å². The van der Waals surface area contributed by atoms with E-state index < -0.39 is 0 Å². The van der Waals surface area contributed by atoms with Crippen LogP contribution in [-0.2, 0) is 0 Å². The quantitative estimate of drug-likeness (QED) is 0.790. The van der Waals surface area contributed by atoms with Crippen molar-refractivity contribution >= 4 is 17.5 Å². The molecule has 0 amide bonds. The first-order chi connectivity index (χ1) is 11.9. The molecule has 0 atom stereocenters. The van der Waals surface area contributed by atoms with Crippen molar-refractivity contribution < 1.29 is 0 Å². The third-order valence-corrected chi connectivity index (χ3v) is 4.41. The molecule has 1 aliphatic heterocycles. The zero-order valence-corrected chi connectivity index (χ0v) is 14.5. The Hall–Kier alpha value is -2.30. The van der Waals surface area contributed by atoms with Gasteiger partial charge in [0.25, 0.3) is 0 Å². The fraction of sp³-hybridized carbons (Fsp3) is 0.474. The molecule has 2 aromatic rings. The van der Waals surface area contributed by atoms with E-state index in [1.54, 1.807) is 0 Å². The minimum absolute atomic E-state index is 0.836. The van der Waals surface area contributed by atoms with Crippen LogP contribution in [0, 0.1) is 0 Å². The van der Waals surface area contributed by atoms with Crippen molar-refractivity contribution in [3.05, 3.63) is 42.6 Å². The van der Waals surface area contributed by atoms with Gasteiger partial charge in [-0.2, -0.15) is 4.98 Å². The summed E-state index contributed by atoms with van der Waals surface area (Å²) in [4.78, 5) is 13.8. The van der Waals surface area contributed by atoms with Gasteiger partial charge in [0, 0.05) is 44.6 Å². The van der Waals surface area contributed by atoms with Crippen LogP contribution in [0.25, 0.3) is 0 Å². The fourth-order valence-corrected chi connectivity index (χ4v) is 2.99. The molecule has 1 saturated heterocycles. The minimum atomic E-state index is 0.836. The topological polar surface area (TPSA) is 44.3 Å². The van der Waals surface area contributed by atoms with E-state index in [9.17, 15) is 0 Å². The van der Waals surface area contributed by atoms with Crippen LogP contribution in [0.5, 0.6) is 0 Å². The van der Waals surface area contributed by atoms with Crippen LogP contribution in [0.15, 0.2) is 42.6 Å². The van der Waals surface area contributed by atoms with Gasteiger partial charge in [-0.05, 0) is 24.6 Å². The summed E-state index contributed by atoms with van der Waals surface area (Å²) >= 11 is 0. The van der Waals surface area contributed by atoms with E-state index >= 15 is 0 Å². The summed E-state index contributed by atoms with van der Waals surface area (Å²) in [6, 6.07) is 12.6. The van der Waals surface area contributed by atoms with E-state index in [4.69, 9.17) is 0 Å². The number of hydrogen-bond acceptors (Lipinski definition) is 5. The van der Waals surface area contributed by atoms with Gasteiger partial charge < -0.3 is 15.1 Å². The third kappa shape index (κ3) is 4.37. The largest absolute Gasteiger partial charge is 0.370 e. The van der Waals surface area contributed by atoms with E-state index in [0.29, 0.717) is 0 Å². The molecule has 5 nitrogen and oxygen atoms in total. The van der Waals surface area contributed by atoms with Gasteiger partial charge >= 0.3 is 0 Å². The molecule has 0 aliphatic carbocycles. The zero-order valence-electron chi connectivity index (χ0n) is 14.5. The monoisotopic (exact) mass is 325 g/mol. The first-order valence-corrected chi connectivity index (χ1v) is 8.98. The Morgan fingerprint density at radius 2 is 1.71 bits per heavy atom. The number of para-hydroxylation sites is 1. The average Bonchev–Trinajstić information content (AvgIpc) is 2.66. The molecule has 0 bridgehead atoms. The van der Waals surface area contributed by atoms with Crippen LogP contribution >= 0.6 is 0 Å². The molecule has 3 rings (SSSR count). The second-order valence-electron chi connectivity index (χ2n) is 6.19. The number of anilines is 3. The standard InChI is InChI=1S/C19H27N5/c1-2-3-7-11-20-18-10-12-21-19(22-18)24-15-13-23(14-16-24)17-8-5-4-6-9-17/h4-6,8-10,12H,2-3,7,11,13-16H2,1H3,(H,20,21,22). The van der Waals surface area contributed by atoms with Gasteiger partial charge in [-0.3, -0.25) is 0 Å². The Morgan fingerprint density at radius 1 is 0.958 bits per heavy atom.